The zero-order chi connectivity index (χ0) is 29.1. The SMILES string of the molecule is C[C@H](CCC(=O)O)[C@H]1CC[C@H]2[C@@H]3C[C@H](O)C4C[C@H](OC5O[C@H](C(=O)O)[C@@H](O)[C@H](O)[C@H]5O)CC[C@]4(C)[C@H]3CC[C@]12C. The van der Waals surface area contributed by atoms with Crippen molar-refractivity contribution in [3.05, 3.63) is 0 Å². The summed E-state index contributed by atoms with van der Waals surface area (Å²) >= 11 is 0. The van der Waals surface area contributed by atoms with Gasteiger partial charge in [-0.2, -0.15) is 0 Å². The molecule has 5 rings (SSSR count). The summed E-state index contributed by atoms with van der Waals surface area (Å²) in [6, 6.07) is 0. The topological polar surface area (TPSA) is 174 Å². The maximum absolute atomic E-state index is 11.5. The average Bonchev–Trinajstić information content (AvgIpc) is 3.25. The van der Waals surface area contributed by atoms with Crippen LogP contribution in [0.15, 0.2) is 0 Å². The van der Waals surface area contributed by atoms with Crippen LogP contribution in [0.5, 0.6) is 0 Å². The number of aliphatic hydroxyl groups excluding tert-OH is 4. The van der Waals surface area contributed by atoms with Crippen molar-refractivity contribution in [3.63, 3.8) is 0 Å². The van der Waals surface area contributed by atoms with E-state index in [4.69, 9.17) is 9.47 Å². The van der Waals surface area contributed by atoms with Gasteiger partial charge in [-0.3, -0.25) is 4.79 Å². The molecule has 4 saturated carbocycles. The van der Waals surface area contributed by atoms with E-state index in [1.165, 1.54) is 0 Å². The first-order valence-corrected chi connectivity index (χ1v) is 15.3. The van der Waals surface area contributed by atoms with E-state index in [9.17, 15) is 40.2 Å². The van der Waals surface area contributed by atoms with Crippen LogP contribution in [0.25, 0.3) is 0 Å². The molecule has 10 nitrogen and oxygen atoms in total. The highest BCUT2D eigenvalue weighted by molar-refractivity contribution is 5.73. The molecular formula is C30H48O10. The number of carbonyl (C=O) groups is 2. The van der Waals surface area contributed by atoms with Crippen LogP contribution in [0.3, 0.4) is 0 Å². The third-order valence-electron chi connectivity index (χ3n) is 12.3. The van der Waals surface area contributed by atoms with Crippen LogP contribution in [0.1, 0.15) is 85.0 Å². The summed E-state index contributed by atoms with van der Waals surface area (Å²) < 4.78 is 11.4. The minimum absolute atomic E-state index is 0.00457. The highest BCUT2D eigenvalue weighted by atomic mass is 16.7. The molecule has 0 aromatic carbocycles. The van der Waals surface area contributed by atoms with Crippen molar-refractivity contribution in [3.8, 4) is 0 Å². The molecule has 10 heteroatoms. The number of hydrogen-bond acceptors (Lipinski definition) is 8. The van der Waals surface area contributed by atoms with Crippen molar-refractivity contribution in [1.82, 2.24) is 0 Å². The Kier molecular flexibility index (Phi) is 8.36. The quantitative estimate of drug-likeness (QED) is 0.250. The standard InChI is InChI=1S/C30H48O10/c1-14(4-7-22(32)33)17-5-6-18-16-13-21(31)20-12-15(8-10-30(20,3)19(16)9-11-29(17,18)2)39-28-25(36)23(34)24(35)26(40-28)27(37)38/h14-21,23-26,28,31,34-36H,4-13H2,1-3H3,(H,32,33)(H,37,38)/t14-,15-,16+,17-,18+,19+,20?,21+,23+,24+,25-,26+,28?,29-,30-/m1/s1. The molecule has 1 saturated heterocycles. The highest BCUT2D eigenvalue weighted by Gasteiger charge is 2.62. The minimum Gasteiger partial charge on any atom is -0.481 e. The molecule has 5 aliphatic rings. The molecule has 40 heavy (non-hydrogen) atoms. The number of ether oxygens (including phenoxy) is 2. The fraction of sp³-hybridized carbons (Fsp3) is 0.933. The van der Waals surface area contributed by atoms with Crippen LogP contribution >= 0.6 is 0 Å². The number of fused-ring (bicyclic) bond motifs is 5. The first kappa shape index (κ1) is 30.2. The van der Waals surface area contributed by atoms with Crippen LogP contribution in [0.4, 0.5) is 0 Å². The van der Waals surface area contributed by atoms with Gasteiger partial charge in [-0.25, -0.2) is 4.79 Å². The molecule has 1 aliphatic heterocycles. The lowest BCUT2D eigenvalue weighted by atomic mass is 9.43. The predicted octanol–water partition coefficient (Wildman–Crippen LogP) is 2.39. The monoisotopic (exact) mass is 568 g/mol. The Morgan fingerprint density at radius 3 is 2.23 bits per heavy atom. The van der Waals surface area contributed by atoms with Gasteiger partial charge in [-0.15, -0.1) is 0 Å². The molecule has 0 amide bonds. The Morgan fingerprint density at radius 2 is 1.55 bits per heavy atom. The molecule has 0 spiro atoms. The van der Waals surface area contributed by atoms with E-state index >= 15 is 0 Å². The van der Waals surface area contributed by atoms with E-state index in [-0.39, 0.29) is 29.3 Å². The molecule has 1 heterocycles. The van der Waals surface area contributed by atoms with Gasteiger partial charge < -0.3 is 40.1 Å². The van der Waals surface area contributed by atoms with Gasteiger partial charge in [0, 0.05) is 6.42 Å². The van der Waals surface area contributed by atoms with Gasteiger partial charge in [0.2, 0.25) is 0 Å². The van der Waals surface area contributed by atoms with Gasteiger partial charge in [-0.05, 0) is 104 Å². The van der Waals surface area contributed by atoms with E-state index in [2.05, 4.69) is 20.8 Å². The number of aliphatic carboxylic acids is 2. The molecule has 6 N–H and O–H groups in total. The second-order valence-electron chi connectivity index (χ2n) is 14.2. The van der Waals surface area contributed by atoms with E-state index in [0.29, 0.717) is 48.9 Å². The maximum Gasteiger partial charge on any atom is 0.335 e. The molecule has 4 aliphatic carbocycles. The van der Waals surface area contributed by atoms with Crippen molar-refractivity contribution in [2.75, 3.05) is 0 Å². The molecule has 0 aromatic rings. The number of hydrogen-bond donors (Lipinski definition) is 6. The molecular weight excluding hydrogens is 520 g/mol. The summed E-state index contributed by atoms with van der Waals surface area (Å²) in [5.74, 6) is 0.140. The minimum atomic E-state index is -1.76. The highest BCUT2D eigenvalue weighted by Crippen LogP contribution is 2.68. The number of aliphatic hydroxyl groups is 4. The van der Waals surface area contributed by atoms with Crippen molar-refractivity contribution >= 4 is 11.9 Å². The molecule has 0 bridgehead atoms. The fourth-order valence-electron chi connectivity index (χ4n) is 10.3. The summed E-state index contributed by atoms with van der Waals surface area (Å²) in [6.45, 7) is 6.94. The molecule has 5 fully saturated rings. The first-order valence-electron chi connectivity index (χ1n) is 15.3. The number of carboxylic acids is 2. The van der Waals surface area contributed by atoms with Gasteiger partial charge in [0.15, 0.2) is 12.4 Å². The molecule has 0 radical (unpaired) electrons. The van der Waals surface area contributed by atoms with Crippen molar-refractivity contribution in [2.45, 2.75) is 128 Å². The normalized spacial score (nSPS) is 51.3. The van der Waals surface area contributed by atoms with Crippen molar-refractivity contribution < 1.29 is 49.7 Å². The van der Waals surface area contributed by atoms with Gasteiger partial charge in [0.05, 0.1) is 12.2 Å². The van der Waals surface area contributed by atoms with E-state index in [1.54, 1.807) is 0 Å². The second kappa shape index (κ2) is 11.1. The second-order valence-corrected chi connectivity index (χ2v) is 14.2. The Morgan fingerprint density at radius 1 is 0.875 bits per heavy atom. The van der Waals surface area contributed by atoms with Crippen LogP contribution in [-0.4, -0.2) is 85.5 Å². The summed E-state index contributed by atoms with van der Waals surface area (Å²) in [4.78, 5) is 22.7. The van der Waals surface area contributed by atoms with Crippen LogP contribution in [0.2, 0.25) is 0 Å². The summed E-state index contributed by atoms with van der Waals surface area (Å²) in [5.41, 5.74) is 0.102. The zero-order valence-corrected chi connectivity index (χ0v) is 23.9. The third kappa shape index (κ3) is 5.00. The lowest BCUT2D eigenvalue weighted by Crippen LogP contribution is -2.62. The van der Waals surface area contributed by atoms with E-state index in [0.717, 1.165) is 38.5 Å². The fourth-order valence-corrected chi connectivity index (χ4v) is 10.3. The van der Waals surface area contributed by atoms with E-state index in [1.807, 2.05) is 0 Å². The summed E-state index contributed by atoms with van der Waals surface area (Å²) in [5, 5.41) is 60.7. The summed E-state index contributed by atoms with van der Waals surface area (Å²) in [7, 11) is 0. The van der Waals surface area contributed by atoms with Crippen molar-refractivity contribution in [2.24, 2.45) is 46.3 Å². The van der Waals surface area contributed by atoms with Gasteiger partial charge in [-0.1, -0.05) is 20.8 Å². The Hall–Kier alpha value is -1.30. The number of carboxylic acid groups (broad SMARTS) is 2. The third-order valence-corrected chi connectivity index (χ3v) is 12.3. The van der Waals surface area contributed by atoms with Crippen LogP contribution in [-0.2, 0) is 19.1 Å². The Balaban J connectivity index is 1.27. The van der Waals surface area contributed by atoms with Crippen LogP contribution in [0, 0.1) is 46.3 Å². The maximum atomic E-state index is 11.5. The predicted molar refractivity (Wildman–Crippen MR) is 142 cm³/mol. The average molecular weight is 569 g/mol. The first-order chi connectivity index (χ1) is 18.8. The largest absolute Gasteiger partial charge is 0.481 e. The van der Waals surface area contributed by atoms with Crippen molar-refractivity contribution in [1.29, 1.82) is 0 Å². The lowest BCUT2D eigenvalue weighted by Gasteiger charge is -2.62. The summed E-state index contributed by atoms with van der Waals surface area (Å²) in [6.07, 6.45) is -0.789. The Bertz CT molecular complexity index is 959. The van der Waals surface area contributed by atoms with Gasteiger partial charge in [0.1, 0.15) is 18.3 Å². The number of rotatable bonds is 7. The molecule has 15 atom stereocenters. The lowest BCUT2D eigenvalue weighted by molar-refractivity contribution is -0.311. The van der Waals surface area contributed by atoms with E-state index < -0.39 is 48.7 Å². The van der Waals surface area contributed by atoms with Gasteiger partial charge >= 0.3 is 11.9 Å². The van der Waals surface area contributed by atoms with Gasteiger partial charge in [0.25, 0.3) is 0 Å². The molecule has 228 valence electrons. The molecule has 0 aromatic heterocycles. The molecule has 2 unspecified atom stereocenters. The Labute approximate surface area is 236 Å². The smallest absolute Gasteiger partial charge is 0.335 e. The van der Waals surface area contributed by atoms with Crippen LogP contribution < -0.4 is 0 Å². The zero-order valence-electron chi connectivity index (χ0n) is 23.9.